The van der Waals surface area contributed by atoms with Gasteiger partial charge in [-0.3, -0.25) is 4.79 Å². The highest BCUT2D eigenvalue weighted by molar-refractivity contribution is 7.17. The van der Waals surface area contributed by atoms with Crippen molar-refractivity contribution in [1.82, 2.24) is 4.90 Å². The third-order valence-corrected chi connectivity index (χ3v) is 4.05. The molecule has 0 radical (unpaired) electrons. The van der Waals surface area contributed by atoms with Gasteiger partial charge < -0.3 is 10.0 Å². The first-order chi connectivity index (χ1) is 8.25. The normalized spacial score (nSPS) is 15.6. The summed E-state index contributed by atoms with van der Waals surface area (Å²) in [6.45, 7) is 1.67. The van der Waals surface area contributed by atoms with E-state index in [1.807, 2.05) is 22.4 Å². The Hall–Kier alpha value is -1.55. The molecule has 3 nitrogen and oxygen atoms in total. The molecule has 1 amide bonds. The number of carbonyl (C=O) groups is 1. The summed E-state index contributed by atoms with van der Waals surface area (Å²) < 4.78 is 0.965. The fraction of sp³-hybridized carbons (Fsp3) is 0.308. The summed E-state index contributed by atoms with van der Waals surface area (Å²) in [5.74, 6) is 0.236. The minimum absolute atomic E-state index is 0.0353. The SMILES string of the molecule is O=C(c1cc(O)c2ccsc2c1)N1CCCC1. The Bertz CT molecular complexity index is 570. The van der Waals surface area contributed by atoms with Crippen molar-refractivity contribution in [2.45, 2.75) is 12.8 Å². The number of phenolic OH excluding ortho intramolecular Hbond substituents is 1. The summed E-state index contributed by atoms with van der Waals surface area (Å²) in [6, 6.07) is 5.33. The monoisotopic (exact) mass is 247 g/mol. The Morgan fingerprint density at radius 2 is 2.06 bits per heavy atom. The number of rotatable bonds is 1. The van der Waals surface area contributed by atoms with Gasteiger partial charge in [0.05, 0.1) is 0 Å². The second-order valence-corrected chi connectivity index (χ2v) is 5.27. The van der Waals surface area contributed by atoms with Gasteiger partial charge in [0.15, 0.2) is 0 Å². The number of hydrogen-bond donors (Lipinski definition) is 1. The Morgan fingerprint density at radius 1 is 1.29 bits per heavy atom. The quantitative estimate of drug-likeness (QED) is 0.841. The Balaban J connectivity index is 2.01. The lowest BCUT2D eigenvalue weighted by atomic mass is 10.1. The topological polar surface area (TPSA) is 40.5 Å². The third-order valence-electron chi connectivity index (χ3n) is 3.19. The van der Waals surface area contributed by atoms with E-state index in [1.54, 1.807) is 17.4 Å². The maximum absolute atomic E-state index is 12.2. The highest BCUT2D eigenvalue weighted by Crippen LogP contribution is 2.31. The molecule has 0 atom stereocenters. The van der Waals surface area contributed by atoms with Gasteiger partial charge >= 0.3 is 0 Å². The van der Waals surface area contributed by atoms with Crippen LogP contribution in [0, 0.1) is 0 Å². The summed E-state index contributed by atoms with van der Waals surface area (Å²) in [7, 11) is 0. The summed E-state index contributed by atoms with van der Waals surface area (Å²) in [5.41, 5.74) is 0.597. The first-order valence-corrected chi connectivity index (χ1v) is 6.63. The average molecular weight is 247 g/mol. The lowest BCUT2D eigenvalue weighted by Gasteiger charge is -2.15. The first-order valence-electron chi connectivity index (χ1n) is 5.75. The van der Waals surface area contributed by atoms with E-state index in [2.05, 4.69) is 0 Å². The molecule has 1 fully saturated rings. The fourth-order valence-corrected chi connectivity index (χ4v) is 3.12. The van der Waals surface area contributed by atoms with Crippen molar-refractivity contribution in [3.63, 3.8) is 0 Å². The van der Waals surface area contributed by atoms with E-state index < -0.39 is 0 Å². The Labute approximate surface area is 103 Å². The molecule has 0 bridgehead atoms. The summed E-state index contributed by atoms with van der Waals surface area (Å²) in [6.07, 6.45) is 2.16. The minimum atomic E-state index is 0.0353. The first kappa shape index (κ1) is 10.6. The van der Waals surface area contributed by atoms with Crippen LogP contribution in [0.15, 0.2) is 23.6 Å². The van der Waals surface area contributed by atoms with Crippen LogP contribution in [0.25, 0.3) is 10.1 Å². The van der Waals surface area contributed by atoms with Crippen molar-refractivity contribution in [2.75, 3.05) is 13.1 Å². The second-order valence-electron chi connectivity index (χ2n) is 4.33. The molecule has 0 spiro atoms. The number of aromatic hydroxyl groups is 1. The molecule has 2 aromatic rings. The number of phenols is 1. The molecule has 3 rings (SSSR count). The van der Waals surface area contributed by atoms with Crippen LogP contribution in [0.4, 0.5) is 0 Å². The van der Waals surface area contributed by atoms with Crippen LogP contribution in [0.2, 0.25) is 0 Å². The molecular formula is C13H13NO2S. The summed E-state index contributed by atoms with van der Waals surface area (Å²) in [5, 5.41) is 12.6. The maximum Gasteiger partial charge on any atom is 0.254 e. The molecule has 0 unspecified atom stereocenters. The zero-order valence-electron chi connectivity index (χ0n) is 9.35. The molecule has 1 aliphatic rings. The molecule has 88 valence electrons. The van der Waals surface area contributed by atoms with Crippen molar-refractivity contribution in [3.05, 3.63) is 29.1 Å². The van der Waals surface area contributed by atoms with Gasteiger partial charge in [0.25, 0.3) is 5.91 Å². The van der Waals surface area contributed by atoms with Gasteiger partial charge in [-0.25, -0.2) is 0 Å². The molecule has 1 N–H and O–H groups in total. The van der Waals surface area contributed by atoms with Crippen LogP contribution in [-0.4, -0.2) is 29.0 Å². The average Bonchev–Trinajstić information content (AvgIpc) is 2.98. The Kier molecular flexibility index (Phi) is 2.52. The van der Waals surface area contributed by atoms with Gasteiger partial charge in [0, 0.05) is 28.7 Å². The van der Waals surface area contributed by atoms with E-state index in [9.17, 15) is 9.90 Å². The zero-order valence-corrected chi connectivity index (χ0v) is 10.2. The second kappa shape index (κ2) is 4.04. The summed E-state index contributed by atoms with van der Waals surface area (Å²) >= 11 is 1.54. The Morgan fingerprint density at radius 3 is 2.82 bits per heavy atom. The van der Waals surface area contributed by atoms with Crippen molar-refractivity contribution < 1.29 is 9.90 Å². The number of benzene rings is 1. The molecule has 2 heterocycles. The smallest absolute Gasteiger partial charge is 0.254 e. The van der Waals surface area contributed by atoms with Gasteiger partial charge in [-0.15, -0.1) is 11.3 Å². The van der Waals surface area contributed by atoms with Crippen molar-refractivity contribution in [2.24, 2.45) is 0 Å². The number of likely N-dealkylation sites (tertiary alicyclic amines) is 1. The number of fused-ring (bicyclic) bond motifs is 1. The van der Waals surface area contributed by atoms with Gasteiger partial charge in [-0.1, -0.05) is 0 Å². The van der Waals surface area contributed by atoms with Crippen molar-refractivity contribution >= 4 is 27.3 Å². The predicted molar refractivity (Wildman–Crippen MR) is 68.6 cm³/mol. The number of amides is 1. The highest BCUT2D eigenvalue weighted by atomic mass is 32.1. The van der Waals surface area contributed by atoms with Crippen LogP contribution < -0.4 is 0 Å². The zero-order chi connectivity index (χ0) is 11.8. The molecule has 1 aliphatic heterocycles. The van der Waals surface area contributed by atoms with Crippen LogP contribution in [-0.2, 0) is 0 Å². The lowest BCUT2D eigenvalue weighted by Crippen LogP contribution is -2.27. The van der Waals surface area contributed by atoms with Crippen molar-refractivity contribution in [3.8, 4) is 5.75 Å². The molecule has 1 saturated heterocycles. The van der Waals surface area contributed by atoms with E-state index in [0.717, 1.165) is 36.0 Å². The maximum atomic E-state index is 12.2. The van der Waals surface area contributed by atoms with E-state index in [4.69, 9.17) is 0 Å². The van der Waals surface area contributed by atoms with Crippen LogP contribution in [0.1, 0.15) is 23.2 Å². The molecule has 0 saturated carbocycles. The minimum Gasteiger partial charge on any atom is -0.507 e. The van der Waals surface area contributed by atoms with Crippen LogP contribution in [0.5, 0.6) is 5.75 Å². The fourth-order valence-electron chi connectivity index (χ4n) is 2.28. The highest BCUT2D eigenvalue weighted by Gasteiger charge is 2.20. The number of nitrogens with zero attached hydrogens (tertiary/aromatic N) is 1. The van der Waals surface area contributed by atoms with Gasteiger partial charge in [0.1, 0.15) is 5.75 Å². The molecular weight excluding hydrogens is 234 g/mol. The largest absolute Gasteiger partial charge is 0.507 e. The molecule has 1 aromatic heterocycles. The van der Waals surface area contributed by atoms with E-state index in [1.165, 1.54) is 0 Å². The van der Waals surface area contributed by atoms with Gasteiger partial charge in [0.2, 0.25) is 0 Å². The predicted octanol–water partition coefficient (Wildman–Crippen LogP) is 2.84. The number of thiophene rings is 1. The standard InChI is InChI=1S/C13H13NO2S/c15-11-7-9(8-12-10(11)3-6-17-12)13(16)14-4-1-2-5-14/h3,6-8,15H,1-2,4-5H2. The summed E-state index contributed by atoms with van der Waals surface area (Å²) in [4.78, 5) is 14.0. The van der Waals surface area contributed by atoms with Crippen LogP contribution >= 0.6 is 11.3 Å². The third kappa shape index (κ3) is 1.78. The van der Waals surface area contributed by atoms with Crippen molar-refractivity contribution in [1.29, 1.82) is 0 Å². The number of hydrogen-bond acceptors (Lipinski definition) is 3. The van der Waals surface area contributed by atoms with E-state index >= 15 is 0 Å². The van der Waals surface area contributed by atoms with Crippen LogP contribution in [0.3, 0.4) is 0 Å². The lowest BCUT2D eigenvalue weighted by molar-refractivity contribution is 0.0792. The molecule has 0 aliphatic carbocycles. The number of carbonyl (C=O) groups excluding carboxylic acids is 1. The molecule has 1 aromatic carbocycles. The molecule has 17 heavy (non-hydrogen) atoms. The van der Waals surface area contributed by atoms with Gasteiger partial charge in [-0.05, 0) is 36.4 Å². The molecule has 4 heteroatoms. The van der Waals surface area contributed by atoms with E-state index in [0.29, 0.717) is 5.56 Å². The van der Waals surface area contributed by atoms with E-state index in [-0.39, 0.29) is 11.7 Å². The van der Waals surface area contributed by atoms with Gasteiger partial charge in [-0.2, -0.15) is 0 Å².